The highest BCUT2D eigenvalue weighted by atomic mass is 16.4. The van der Waals surface area contributed by atoms with Gasteiger partial charge in [-0.15, -0.1) is 0 Å². The maximum Gasteiger partial charge on any atom is 0.326 e. The average Bonchev–Trinajstić information content (AvgIpc) is 2.58. The van der Waals surface area contributed by atoms with Crippen LogP contribution in [-0.4, -0.2) is 47.5 Å². The van der Waals surface area contributed by atoms with Crippen molar-refractivity contribution < 1.29 is 24.3 Å². The molecule has 0 spiro atoms. The van der Waals surface area contributed by atoms with Crippen LogP contribution in [0.5, 0.6) is 0 Å². The SMILES string of the molecule is CC(C)C[C@H](NC(=O)CNC(=O)c1cccc(NC(=O)NC(C)C)c1)C(=O)O. The molecule has 1 atom stereocenters. The minimum Gasteiger partial charge on any atom is -0.480 e. The average molecular weight is 392 g/mol. The van der Waals surface area contributed by atoms with Crippen molar-refractivity contribution in [2.45, 2.75) is 46.2 Å². The highest BCUT2D eigenvalue weighted by Gasteiger charge is 2.21. The molecule has 0 unspecified atom stereocenters. The van der Waals surface area contributed by atoms with Crippen molar-refractivity contribution in [3.8, 4) is 0 Å². The number of carbonyl (C=O) groups is 4. The Balaban J connectivity index is 2.61. The quantitative estimate of drug-likeness (QED) is 0.434. The van der Waals surface area contributed by atoms with Crippen molar-refractivity contribution in [3.63, 3.8) is 0 Å². The van der Waals surface area contributed by atoms with Crippen molar-refractivity contribution in [1.82, 2.24) is 16.0 Å². The molecule has 0 radical (unpaired) electrons. The molecule has 9 nitrogen and oxygen atoms in total. The van der Waals surface area contributed by atoms with Gasteiger partial charge in [0.15, 0.2) is 0 Å². The largest absolute Gasteiger partial charge is 0.480 e. The summed E-state index contributed by atoms with van der Waals surface area (Å²) in [4.78, 5) is 47.1. The van der Waals surface area contributed by atoms with E-state index in [4.69, 9.17) is 5.11 Å². The van der Waals surface area contributed by atoms with Crippen molar-refractivity contribution >= 4 is 29.5 Å². The molecule has 4 amide bonds. The number of carbonyl (C=O) groups excluding carboxylic acids is 3. The second-order valence-electron chi connectivity index (χ2n) is 7.10. The van der Waals surface area contributed by atoms with Gasteiger partial charge in [-0.05, 0) is 44.4 Å². The zero-order valence-electron chi connectivity index (χ0n) is 16.5. The number of nitrogens with one attached hydrogen (secondary N) is 4. The first-order chi connectivity index (χ1) is 13.1. The van der Waals surface area contributed by atoms with E-state index >= 15 is 0 Å². The Hall–Kier alpha value is -3.10. The zero-order chi connectivity index (χ0) is 21.3. The Labute approximate surface area is 164 Å². The van der Waals surface area contributed by atoms with Crippen molar-refractivity contribution in [2.24, 2.45) is 5.92 Å². The summed E-state index contributed by atoms with van der Waals surface area (Å²) in [7, 11) is 0. The van der Waals surface area contributed by atoms with Gasteiger partial charge in [-0.1, -0.05) is 19.9 Å². The summed E-state index contributed by atoms with van der Waals surface area (Å²) < 4.78 is 0. The molecule has 1 aromatic carbocycles. The van der Waals surface area contributed by atoms with Gasteiger partial charge < -0.3 is 26.4 Å². The molecule has 1 rings (SSSR count). The van der Waals surface area contributed by atoms with Crippen LogP contribution in [-0.2, 0) is 9.59 Å². The summed E-state index contributed by atoms with van der Waals surface area (Å²) in [5, 5.41) is 19.3. The number of aliphatic carboxylic acids is 1. The van der Waals surface area contributed by atoms with E-state index in [-0.39, 0.29) is 24.1 Å². The lowest BCUT2D eigenvalue weighted by molar-refractivity contribution is -0.142. The van der Waals surface area contributed by atoms with Crippen LogP contribution in [0, 0.1) is 5.92 Å². The van der Waals surface area contributed by atoms with Gasteiger partial charge in [0, 0.05) is 17.3 Å². The second kappa shape index (κ2) is 10.9. The third-order valence-electron chi connectivity index (χ3n) is 3.55. The molecule has 0 aliphatic carbocycles. The van der Waals surface area contributed by atoms with Crippen LogP contribution < -0.4 is 21.3 Å². The number of carboxylic acids is 1. The minimum absolute atomic E-state index is 0.0321. The van der Waals surface area contributed by atoms with Crippen LogP contribution in [0.25, 0.3) is 0 Å². The number of anilines is 1. The highest BCUT2D eigenvalue weighted by molar-refractivity contribution is 5.98. The summed E-state index contributed by atoms with van der Waals surface area (Å²) in [5.41, 5.74) is 0.685. The molecule has 0 heterocycles. The Morgan fingerprint density at radius 3 is 2.29 bits per heavy atom. The molecular formula is C19H28N4O5. The molecule has 154 valence electrons. The van der Waals surface area contributed by atoms with Gasteiger partial charge in [0.05, 0.1) is 6.54 Å². The smallest absolute Gasteiger partial charge is 0.326 e. The number of urea groups is 1. The standard InChI is InChI=1S/C19H28N4O5/c1-11(2)8-15(18(26)27)23-16(24)10-20-17(25)13-6-5-7-14(9-13)22-19(28)21-12(3)4/h5-7,9,11-12,15H,8,10H2,1-4H3,(H,20,25)(H,23,24)(H,26,27)(H2,21,22,28)/t15-/m0/s1. The number of benzene rings is 1. The van der Waals surface area contributed by atoms with Crippen LogP contribution in [0.4, 0.5) is 10.5 Å². The maximum absolute atomic E-state index is 12.2. The van der Waals surface area contributed by atoms with E-state index in [1.807, 2.05) is 27.7 Å². The minimum atomic E-state index is -1.12. The molecule has 0 saturated heterocycles. The van der Waals surface area contributed by atoms with E-state index < -0.39 is 29.9 Å². The molecule has 0 saturated carbocycles. The fourth-order valence-electron chi connectivity index (χ4n) is 2.37. The van der Waals surface area contributed by atoms with Crippen LogP contribution in [0.3, 0.4) is 0 Å². The predicted octanol–water partition coefficient (Wildman–Crippen LogP) is 1.56. The lowest BCUT2D eigenvalue weighted by Gasteiger charge is -2.16. The highest BCUT2D eigenvalue weighted by Crippen LogP contribution is 2.10. The number of carboxylic acid groups (broad SMARTS) is 1. The van der Waals surface area contributed by atoms with Crippen molar-refractivity contribution in [2.75, 3.05) is 11.9 Å². The molecule has 1 aromatic rings. The molecule has 0 aliphatic rings. The number of rotatable bonds is 9. The first kappa shape index (κ1) is 22.9. The Bertz CT molecular complexity index is 718. The van der Waals surface area contributed by atoms with Crippen LogP contribution in [0.15, 0.2) is 24.3 Å². The summed E-state index contributed by atoms with van der Waals surface area (Å²) in [6.45, 7) is 7.00. The maximum atomic E-state index is 12.2. The number of hydrogen-bond donors (Lipinski definition) is 5. The summed E-state index contributed by atoms with van der Waals surface area (Å²) in [6, 6.07) is 4.82. The Morgan fingerprint density at radius 1 is 1.04 bits per heavy atom. The van der Waals surface area contributed by atoms with Crippen molar-refractivity contribution in [1.29, 1.82) is 0 Å². The normalized spacial score (nSPS) is 11.6. The van der Waals surface area contributed by atoms with E-state index in [9.17, 15) is 19.2 Å². The van der Waals surface area contributed by atoms with Gasteiger partial charge in [0.2, 0.25) is 5.91 Å². The van der Waals surface area contributed by atoms with E-state index in [0.717, 1.165) is 0 Å². The van der Waals surface area contributed by atoms with Crippen LogP contribution in [0.1, 0.15) is 44.5 Å². The molecule has 0 fully saturated rings. The molecule has 0 aromatic heterocycles. The monoisotopic (exact) mass is 392 g/mol. The second-order valence-corrected chi connectivity index (χ2v) is 7.10. The Kier molecular flexibility index (Phi) is 8.94. The predicted molar refractivity (Wildman–Crippen MR) is 105 cm³/mol. The molecule has 5 N–H and O–H groups in total. The van der Waals surface area contributed by atoms with Gasteiger partial charge in [-0.25, -0.2) is 9.59 Å². The fourth-order valence-corrected chi connectivity index (χ4v) is 2.37. The summed E-state index contributed by atoms with van der Waals surface area (Å²) >= 11 is 0. The summed E-state index contributed by atoms with van der Waals surface area (Å²) in [5.74, 6) is -2.13. The van der Waals surface area contributed by atoms with Crippen LogP contribution in [0.2, 0.25) is 0 Å². The zero-order valence-corrected chi connectivity index (χ0v) is 16.5. The molecule has 9 heteroatoms. The van der Waals surface area contributed by atoms with E-state index in [2.05, 4.69) is 21.3 Å². The lowest BCUT2D eigenvalue weighted by Crippen LogP contribution is -2.46. The molecule has 0 aliphatic heterocycles. The van der Waals surface area contributed by atoms with Crippen molar-refractivity contribution in [3.05, 3.63) is 29.8 Å². The fraction of sp³-hybridized carbons (Fsp3) is 0.474. The molecule has 0 bridgehead atoms. The van der Waals surface area contributed by atoms with Gasteiger partial charge in [-0.3, -0.25) is 9.59 Å². The number of hydrogen-bond acceptors (Lipinski definition) is 4. The summed E-state index contributed by atoms with van der Waals surface area (Å²) in [6.07, 6.45) is 0.293. The lowest BCUT2D eigenvalue weighted by atomic mass is 10.0. The van der Waals surface area contributed by atoms with Gasteiger partial charge in [0.25, 0.3) is 5.91 Å². The van der Waals surface area contributed by atoms with Gasteiger partial charge >= 0.3 is 12.0 Å². The van der Waals surface area contributed by atoms with Gasteiger partial charge in [0.1, 0.15) is 6.04 Å². The molecular weight excluding hydrogens is 364 g/mol. The topological polar surface area (TPSA) is 137 Å². The molecule has 28 heavy (non-hydrogen) atoms. The third kappa shape index (κ3) is 8.52. The van der Waals surface area contributed by atoms with E-state index in [1.165, 1.54) is 12.1 Å². The number of amides is 4. The third-order valence-corrected chi connectivity index (χ3v) is 3.55. The van der Waals surface area contributed by atoms with Crippen LogP contribution >= 0.6 is 0 Å². The first-order valence-electron chi connectivity index (χ1n) is 9.06. The van der Waals surface area contributed by atoms with E-state index in [1.54, 1.807) is 12.1 Å². The Morgan fingerprint density at radius 2 is 1.71 bits per heavy atom. The first-order valence-corrected chi connectivity index (χ1v) is 9.06. The van der Waals surface area contributed by atoms with E-state index in [0.29, 0.717) is 12.1 Å². The van der Waals surface area contributed by atoms with Gasteiger partial charge in [-0.2, -0.15) is 0 Å².